The molecule has 1 aliphatic rings. The first kappa shape index (κ1) is 18.3. The molecule has 128 valence electrons. The van der Waals surface area contributed by atoms with Gasteiger partial charge in [0.05, 0.1) is 5.57 Å². The second kappa shape index (κ2) is 7.65. The van der Waals surface area contributed by atoms with Gasteiger partial charge in [-0.2, -0.15) is 0 Å². The number of benzene rings is 1. The van der Waals surface area contributed by atoms with Gasteiger partial charge >= 0.3 is 5.97 Å². The molecule has 0 heterocycles. The smallest absolute Gasteiger partial charge is 0.336 e. The lowest BCUT2D eigenvalue weighted by Gasteiger charge is -2.41. The summed E-state index contributed by atoms with van der Waals surface area (Å²) in [6.45, 7) is 10.6. The first-order chi connectivity index (χ1) is 11.4. The summed E-state index contributed by atoms with van der Waals surface area (Å²) in [4.78, 5) is 11.6. The number of aliphatic carboxylic acids is 1. The topological polar surface area (TPSA) is 37.3 Å². The van der Waals surface area contributed by atoms with Crippen LogP contribution in [0.5, 0.6) is 0 Å². The van der Waals surface area contributed by atoms with Gasteiger partial charge in [0.1, 0.15) is 0 Å². The molecule has 1 aromatic rings. The molecule has 1 saturated carbocycles. The number of rotatable bonds is 5. The molecule has 0 aliphatic heterocycles. The van der Waals surface area contributed by atoms with E-state index in [1.165, 1.54) is 25.3 Å². The molecule has 2 rings (SSSR count). The molecule has 2 unspecified atom stereocenters. The van der Waals surface area contributed by atoms with E-state index >= 15 is 0 Å². The molecule has 0 aromatic heterocycles. The molecular formula is C22H28O2. The number of carbonyl (C=O) groups is 1. The van der Waals surface area contributed by atoms with Gasteiger partial charge in [-0.25, -0.2) is 4.79 Å². The van der Waals surface area contributed by atoms with Crippen LogP contribution in [0.25, 0.3) is 11.6 Å². The van der Waals surface area contributed by atoms with Crippen molar-refractivity contribution in [1.82, 2.24) is 0 Å². The molecule has 1 aliphatic carbocycles. The van der Waals surface area contributed by atoms with Crippen molar-refractivity contribution in [3.8, 4) is 0 Å². The van der Waals surface area contributed by atoms with Gasteiger partial charge in [-0.15, -0.1) is 0 Å². The number of carboxylic acids is 1. The molecule has 0 saturated heterocycles. The zero-order valence-electron chi connectivity index (χ0n) is 15.0. The van der Waals surface area contributed by atoms with Crippen LogP contribution in [-0.4, -0.2) is 11.1 Å². The molecule has 0 spiro atoms. The van der Waals surface area contributed by atoms with E-state index in [-0.39, 0.29) is 11.0 Å². The zero-order chi connectivity index (χ0) is 17.7. The Labute approximate surface area is 145 Å². The van der Waals surface area contributed by atoms with Gasteiger partial charge in [-0.1, -0.05) is 82.7 Å². The van der Waals surface area contributed by atoms with Crippen molar-refractivity contribution in [2.75, 3.05) is 0 Å². The molecule has 2 nitrogen and oxygen atoms in total. The molecule has 1 fully saturated rings. The summed E-state index contributed by atoms with van der Waals surface area (Å²) >= 11 is 0. The highest BCUT2D eigenvalue weighted by molar-refractivity contribution is 6.16. The third kappa shape index (κ3) is 4.05. The maximum Gasteiger partial charge on any atom is 0.336 e. The molecule has 1 N–H and O–H groups in total. The second-order valence-electron chi connectivity index (χ2n) is 7.45. The normalized spacial score (nSPS) is 24.0. The van der Waals surface area contributed by atoms with E-state index in [4.69, 9.17) is 0 Å². The van der Waals surface area contributed by atoms with Crippen LogP contribution in [-0.2, 0) is 4.79 Å². The van der Waals surface area contributed by atoms with Crippen molar-refractivity contribution in [2.45, 2.75) is 40.0 Å². The largest absolute Gasteiger partial charge is 0.478 e. The first-order valence-electron chi connectivity index (χ1n) is 8.70. The summed E-state index contributed by atoms with van der Waals surface area (Å²) in [5, 5.41) is 9.48. The Kier molecular flexibility index (Phi) is 5.82. The van der Waals surface area contributed by atoms with E-state index in [0.29, 0.717) is 11.8 Å². The Morgan fingerprint density at radius 3 is 2.67 bits per heavy atom. The zero-order valence-corrected chi connectivity index (χ0v) is 15.0. The predicted octanol–water partition coefficient (Wildman–Crippen LogP) is 5.82. The van der Waals surface area contributed by atoms with Gasteiger partial charge in [-0.05, 0) is 40.9 Å². The fourth-order valence-corrected chi connectivity index (χ4v) is 3.94. The molecule has 0 amide bonds. The number of hydrogen-bond acceptors (Lipinski definition) is 1. The Morgan fingerprint density at radius 1 is 1.33 bits per heavy atom. The van der Waals surface area contributed by atoms with E-state index in [1.54, 1.807) is 6.08 Å². The van der Waals surface area contributed by atoms with Crippen molar-refractivity contribution in [3.63, 3.8) is 0 Å². The molecule has 2 atom stereocenters. The highest BCUT2D eigenvalue weighted by Crippen LogP contribution is 2.44. The van der Waals surface area contributed by atoms with Crippen molar-refractivity contribution in [1.29, 1.82) is 0 Å². The lowest BCUT2D eigenvalue weighted by Crippen LogP contribution is -2.32. The third-order valence-electron chi connectivity index (χ3n) is 5.25. The van der Waals surface area contributed by atoms with Gasteiger partial charge in [0.25, 0.3) is 0 Å². The van der Waals surface area contributed by atoms with Crippen molar-refractivity contribution < 1.29 is 9.90 Å². The first-order valence-corrected chi connectivity index (χ1v) is 8.70. The Morgan fingerprint density at radius 2 is 2.04 bits per heavy atom. The van der Waals surface area contributed by atoms with Gasteiger partial charge in [0.2, 0.25) is 0 Å². The van der Waals surface area contributed by atoms with E-state index in [2.05, 4.69) is 39.5 Å². The van der Waals surface area contributed by atoms with Crippen LogP contribution in [0.1, 0.15) is 51.2 Å². The van der Waals surface area contributed by atoms with Crippen LogP contribution in [0, 0.1) is 17.3 Å². The van der Waals surface area contributed by atoms with Crippen LogP contribution < -0.4 is 0 Å². The minimum absolute atomic E-state index is 0.279. The SMILES string of the molecule is C=C/C=C(\C(=O)O)c1ccccc1/C=C/C1C(C)CCCC1(C)C. The van der Waals surface area contributed by atoms with Crippen molar-refractivity contribution >= 4 is 17.6 Å². The molecule has 1 aromatic carbocycles. The minimum atomic E-state index is -0.929. The number of carboxylic acid groups (broad SMARTS) is 1. The fraction of sp³-hybridized carbons (Fsp3) is 0.409. The predicted molar refractivity (Wildman–Crippen MR) is 102 cm³/mol. The fourth-order valence-electron chi connectivity index (χ4n) is 3.94. The van der Waals surface area contributed by atoms with Gasteiger partial charge in [-0.3, -0.25) is 0 Å². The van der Waals surface area contributed by atoms with Crippen LogP contribution in [0.15, 0.2) is 49.1 Å². The number of hydrogen-bond donors (Lipinski definition) is 1. The Hall–Kier alpha value is -2.09. The van der Waals surface area contributed by atoms with Crippen LogP contribution >= 0.6 is 0 Å². The van der Waals surface area contributed by atoms with Crippen LogP contribution in [0.4, 0.5) is 0 Å². The molecule has 0 bridgehead atoms. The van der Waals surface area contributed by atoms with Gasteiger partial charge < -0.3 is 5.11 Å². The highest BCUT2D eigenvalue weighted by Gasteiger charge is 2.34. The second-order valence-corrected chi connectivity index (χ2v) is 7.45. The average Bonchev–Trinajstić information content (AvgIpc) is 2.52. The Balaban J connectivity index is 2.38. The summed E-state index contributed by atoms with van der Waals surface area (Å²) < 4.78 is 0. The quantitative estimate of drug-likeness (QED) is 0.547. The molecular weight excluding hydrogens is 296 g/mol. The van der Waals surface area contributed by atoms with Gasteiger partial charge in [0, 0.05) is 0 Å². The molecule has 2 heteroatoms. The Bertz CT molecular complexity index is 664. The van der Waals surface area contributed by atoms with E-state index in [9.17, 15) is 9.90 Å². The van der Waals surface area contributed by atoms with Crippen LogP contribution in [0.2, 0.25) is 0 Å². The standard InChI is InChI=1S/C22H28O2/c1-5-9-19(21(23)24)18-12-7-6-11-17(18)13-14-20-16(2)10-8-15-22(20,3)4/h5-7,9,11-14,16,20H,1,8,10,15H2,2-4H3,(H,23,24)/b14-13+,19-9-. The monoisotopic (exact) mass is 324 g/mol. The summed E-state index contributed by atoms with van der Waals surface area (Å²) in [7, 11) is 0. The van der Waals surface area contributed by atoms with Gasteiger partial charge in [0.15, 0.2) is 0 Å². The minimum Gasteiger partial charge on any atom is -0.478 e. The van der Waals surface area contributed by atoms with Crippen LogP contribution in [0.3, 0.4) is 0 Å². The average molecular weight is 324 g/mol. The molecule has 24 heavy (non-hydrogen) atoms. The number of allylic oxidation sites excluding steroid dienone is 3. The van der Waals surface area contributed by atoms with E-state index < -0.39 is 5.97 Å². The maximum atomic E-state index is 11.6. The lowest BCUT2D eigenvalue weighted by atomic mass is 9.64. The third-order valence-corrected chi connectivity index (χ3v) is 5.25. The summed E-state index contributed by atoms with van der Waals surface area (Å²) in [5.41, 5.74) is 2.25. The summed E-state index contributed by atoms with van der Waals surface area (Å²) in [5.74, 6) is 0.234. The van der Waals surface area contributed by atoms with Crippen molar-refractivity contribution in [3.05, 3.63) is 60.2 Å². The molecule has 0 radical (unpaired) electrons. The lowest BCUT2D eigenvalue weighted by molar-refractivity contribution is -0.130. The van der Waals surface area contributed by atoms with E-state index in [1.807, 2.05) is 24.3 Å². The summed E-state index contributed by atoms with van der Waals surface area (Å²) in [6, 6.07) is 7.66. The maximum absolute atomic E-state index is 11.6. The summed E-state index contributed by atoms with van der Waals surface area (Å²) in [6.07, 6.45) is 11.3. The highest BCUT2D eigenvalue weighted by atomic mass is 16.4. The van der Waals surface area contributed by atoms with Crippen molar-refractivity contribution in [2.24, 2.45) is 17.3 Å². The van der Waals surface area contributed by atoms with E-state index in [0.717, 1.165) is 11.1 Å².